The number of likely N-dealkylation sites (tertiary alicyclic amines) is 1. The van der Waals surface area contributed by atoms with E-state index in [1.807, 2.05) is 4.90 Å². The van der Waals surface area contributed by atoms with Crippen molar-refractivity contribution >= 4 is 11.9 Å². The Kier molecular flexibility index (Phi) is 8.17. The number of ether oxygens (including phenoxy) is 1. The summed E-state index contributed by atoms with van der Waals surface area (Å²) in [6, 6.07) is 3.37. The van der Waals surface area contributed by atoms with E-state index in [9.17, 15) is 13.6 Å². The second-order valence-electron chi connectivity index (χ2n) is 7.08. The largest absolute Gasteiger partial charge is 0.466 e. The summed E-state index contributed by atoms with van der Waals surface area (Å²) in [6.45, 7) is 3.71. The van der Waals surface area contributed by atoms with Crippen molar-refractivity contribution in [3.05, 3.63) is 35.4 Å². The highest BCUT2D eigenvalue weighted by Gasteiger charge is 2.29. The van der Waals surface area contributed by atoms with Crippen molar-refractivity contribution in [1.82, 2.24) is 15.1 Å². The molecule has 0 bridgehead atoms. The van der Waals surface area contributed by atoms with Crippen LogP contribution in [0, 0.1) is 17.6 Å². The normalized spacial score (nSPS) is 18.9. The van der Waals surface area contributed by atoms with Crippen LogP contribution < -0.4 is 5.32 Å². The molecular formula is C20H30F2N4O2. The minimum atomic E-state index is -0.573. The summed E-state index contributed by atoms with van der Waals surface area (Å²) < 4.78 is 33.6. The van der Waals surface area contributed by atoms with Gasteiger partial charge >= 0.3 is 5.97 Å². The number of benzene rings is 1. The number of piperidine rings is 1. The van der Waals surface area contributed by atoms with E-state index in [4.69, 9.17) is 4.74 Å². The molecule has 1 N–H and O–H groups in total. The molecule has 0 amide bonds. The van der Waals surface area contributed by atoms with E-state index < -0.39 is 17.7 Å². The van der Waals surface area contributed by atoms with Gasteiger partial charge in [-0.05, 0) is 46.0 Å². The van der Waals surface area contributed by atoms with Gasteiger partial charge in [-0.25, -0.2) is 8.78 Å². The topological polar surface area (TPSA) is 57.2 Å². The van der Waals surface area contributed by atoms with Gasteiger partial charge in [-0.3, -0.25) is 9.79 Å². The van der Waals surface area contributed by atoms with E-state index in [0.29, 0.717) is 19.1 Å². The fourth-order valence-electron chi connectivity index (χ4n) is 3.51. The molecule has 156 valence electrons. The Balaban J connectivity index is 2.08. The van der Waals surface area contributed by atoms with Gasteiger partial charge in [0.25, 0.3) is 0 Å². The van der Waals surface area contributed by atoms with Gasteiger partial charge < -0.3 is 19.9 Å². The number of esters is 1. The smallest absolute Gasteiger partial charge is 0.310 e. The van der Waals surface area contributed by atoms with Crippen LogP contribution in [0.3, 0.4) is 0 Å². The number of carbonyl (C=O) groups excluding carboxylic acids is 1. The Hall–Kier alpha value is -2.22. The molecule has 1 saturated heterocycles. The highest BCUT2D eigenvalue weighted by atomic mass is 19.1. The van der Waals surface area contributed by atoms with Crippen molar-refractivity contribution in [1.29, 1.82) is 0 Å². The SMILES string of the molecule is CCOC(=O)C1CCCN(C(=NC)NCC(c2c(F)cccc2F)N(C)C)C1. The van der Waals surface area contributed by atoms with Crippen LogP contribution in [0.25, 0.3) is 0 Å². The van der Waals surface area contributed by atoms with Crippen molar-refractivity contribution in [3.63, 3.8) is 0 Å². The third-order valence-electron chi connectivity index (χ3n) is 4.96. The molecule has 1 fully saturated rings. The average molecular weight is 396 g/mol. The third kappa shape index (κ3) is 5.41. The van der Waals surface area contributed by atoms with Crippen molar-refractivity contribution in [3.8, 4) is 0 Å². The minimum Gasteiger partial charge on any atom is -0.466 e. The van der Waals surface area contributed by atoms with Crippen molar-refractivity contribution < 1.29 is 18.3 Å². The number of likely N-dealkylation sites (N-methyl/N-ethyl adjacent to an activating group) is 1. The van der Waals surface area contributed by atoms with E-state index in [1.165, 1.54) is 18.2 Å². The van der Waals surface area contributed by atoms with Crippen LogP contribution in [0.1, 0.15) is 31.4 Å². The van der Waals surface area contributed by atoms with Crippen LogP contribution in [0.2, 0.25) is 0 Å². The molecule has 1 aromatic rings. The summed E-state index contributed by atoms with van der Waals surface area (Å²) >= 11 is 0. The molecule has 0 saturated carbocycles. The van der Waals surface area contributed by atoms with Gasteiger partial charge in [0, 0.05) is 32.2 Å². The number of hydrogen-bond donors (Lipinski definition) is 1. The summed E-state index contributed by atoms with van der Waals surface area (Å²) in [5.74, 6) is -0.924. The third-order valence-corrected chi connectivity index (χ3v) is 4.96. The van der Waals surface area contributed by atoms with Crippen LogP contribution in [0.5, 0.6) is 0 Å². The van der Waals surface area contributed by atoms with E-state index in [2.05, 4.69) is 10.3 Å². The van der Waals surface area contributed by atoms with E-state index in [-0.39, 0.29) is 24.0 Å². The first kappa shape index (κ1) is 22.1. The number of rotatable bonds is 6. The molecule has 2 unspecified atom stereocenters. The van der Waals surface area contributed by atoms with Crippen molar-refractivity contribution in [2.45, 2.75) is 25.8 Å². The summed E-state index contributed by atoms with van der Waals surface area (Å²) in [5.41, 5.74) is 0.0264. The summed E-state index contributed by atoms with van der Waals surface area (Å²) in [5, 5.41) is 3.21. The fourth-order valence-corrected chi connectivity index (χ4v) is 3.51. The van der Waals surface area contributed by atoms with Crippen LogP contribution in [-0.4, -0.2) is 69.1 Å². The van der Waals surface area contributed by atoms with Gasteiger partial charge in [-0.2, -0.15) is 0 Å². The summed E-state index contributed by atoms with van der Waals surface area (Å²) in [7, 11) is 5.21. The predicted octanol–water partition coefficient (Wildman–Crippen LogP) is 2.42. The molecule has 0 radical (unpaired) electrons. The monoisotopic (exact) mass is 396 g/mol. The molecule has 28 heavy (non-hydrogen) atoms. The van der Waals surface area contributed by atoms with E-state index >= 15 is 0 Å². The maximum absolute atomic E-state index is 14.2. The lowest BCUT2D eigenvalue weighted by molar-refractivity contribution is -0.149. The van der Waals surface area contributed by atoms with Gasteiger partial charge in [0.05, 0.1) is 18.6 Å². The number of nitrogens with one attached hydrogen (secondary N) is 1. The minimum absolute atomic E-state index is 0.0264. The average Bonchev–Trinajstić information content (AvgIpc) is 2.67. The molecule has 0 aromatic heterocycles. The zero-order chi connectivity index (χ0) is 20.7. The lowest BCUT2D eigenvalue weighted by atomic mass is 9.98. The molecule has 0 aliphatic carbocycles. The first-order valence-corrected chi connectivity index (χ1v) is 9.61. The van der Waals surface area contributed by atoms with Crippen molar-refractivity contribution in [2.24, 2.45) is 10.9 Å². The lowest BCUT2D eigenvalue weighted by Gasteiger charge is -2.35. The van der Waals surface area contributed by atoms with Crippen LogP contribution in [0.15, 0.2) is 23.2 Å². The number of hydrogen-bond acceptors (Lipinski definition) is 4. The van der Waals surface area contributed by atoms with E-state index in [1.54, 1.807) is 33.0 Å². The number of halogens is 2. The molecule has 2 atom stereocenters. The Labute approximate surface area is 165 Å². The molecule has 1 aromatic carbocycles. The van der Waals surface area contributed by atoms with Gasteiger partial charge in [0.15, 0.2) is 5.96 Å². The molecule has 1 heterocycles. The van der Waals surface area contributed by atoms with E-state index in [0.717, 1.165) is 19.4 Å². The van der Waals surface area contributed by atoms with Crippen LogP contribution in [-0.2, 0) is 9.53 Å². The van der Waals surface area contributed by atoms with Gasteiger partial charge in [0.1, 0.15) is 11.6 Å². The van der Waals surface area contributed by atoms with Gasteiger partial charge in [-0.15, -0.1) is 0 Å². The highest BCUT2D eigenvalue weighted by molar-refractivity contribution is 5.81. The first-order valence-electron chi connectivity index (χ1n) is 9.61. The quantitative estimate of drug-likeness (QED) is 0.455. The zero-order valence-electron chi connectivity index (χ0n) is 17.0. The molecule has 0 spiro atoms. The first-order chi connectivity index (χ1) is 13.4. The van der Waals surface area contributed by atoms with Crippen LogP contribution >= 0.6 is 0 Å². The zero-order valence-corrected chi connectivity index (χ0v) is 17.0. The molecular weight excluding hydrogens is 366 g/mol. The maximum atomic E-state index is 14.2. The Morgan fingerprint density at radius 2 is 2.07 bits per heavy atom. The Morgan fingerprint density at radius 3 is 2.64 bits per heavy atom. The summed E-state index contributed by atoms with van der Waals surface area (Å²) in [4.78, 5) is 20.1. The number of nitrogens with zero attached hydrogens (tertiary/aromatic N) is 3. The lowest BCUT2D eigenvalue weighted by Crippen LogP contribution is -2.49. The number of guanidine groups is 1. The Morgan fingerprint density at radius 1 is 1.39 bits per heavy atom. The van der Waals surface area contributed by atoms with Gasteiger partial charge in [0.2, 0.25) is 0 Å². The van der Waals surface area contributed by atoms with Gasteiger partial charge in [-0.1, -0.05) is 6.07 Å². The van der Waals surface area contributed by atoms with Crippen LogP contribution in [0.4, 0.5) is 8.78 Å². The predicted molar refractivity (Wildman–Crippen MR) is 105 cm³/mol. The maximum Gasteiger partial charge on any atom is 0.310 e. The fraction of sp³-hybridized carbons (Fsp3) is 0.600. The molecule has 1 aliphatic heterocycles. The second-order valence-corrected chi connectivity index (χ2v) is 7.08. The molecule has 6 nitrogen and oxygen atoms in total. The number of aliphatic imine (C=N–C) groups is 1. The number of carbonyl (C=O) groups is 1. The van der Waals surface area contributed by atoms with Crippen molar-refractivity contribution in [2.75, 3.05) is 47.4 Å². The Bertz CT molecular complexity index is 677. The second kappa shape index (κ2) is 10.4. The highest BCUT2D eigenvalue weighted by Crippen LogP contribution is 2.24. The molecule has 8 heteroatoms. The molecule has 1 aliphatic rings. The summed E-state index contributed by atoms with van der Waals surface area (Å²) in [6.07, 6.45) is 1.64. The molecule has 2 rings (SSSR count). The standard InChI is InChI=1S/C20H30F2N4O2/c1-5-28-19(27)14-8-7-11-26(13-14)20(23-2)24-12-17(25(3)4)18-15(21)9-6-10-16(18)22/h6,9-10,14,17H,5,7-8,11-13H2,1-4H3,(H,23,24).